The first-order valence-electron chi connectivity index (χ1n) is 5.70. The molecule has 2 aromatic rings. The van der Waals surface area contributed by atoms with Gasteiger partial charge < -0.3 is 10.7 Å². The fraction of sp³-hybridized carbons (Fsp3) is 0.417. The molecule has 3 N–H and O–H groups in total. The zero-order valence-corrected chi connectivity index (χ0v) is 10.9. The van der Waals surface area contributed by atoms with Gasteiger partial charge in [0.1, 0.15) is 0 Å². The highest BCUT2D eigenvalue weighted by molar-refractivity contribution is 7.84. The second kappa shape index (κ2) is 4.87. The number of hydrogen-bond donors (Lipinski definition) is 2. The molecular formula is C12H17N3OS. The predicted molar refractivity (Wildman–Crippen MR) is 71.2 cm³/mol. The number of aromatic amines is 1. The van der Waals surface area contributed by atoms with Gasteiger partial charge in [-0.1, -0.05) is 13.8 Å². The van der Waals surface area contributed by atoms with Crippen molar-refractivity contribution in [2.45, 2.75) is 25.4 Å². The molecule has 0 spiro atoms. The van der Waals surface area contributed by atoms with E-state index in [4.69, 9.17) is 5.73 Å². The van der Waals surface area contributed by atoms with Gasteiger partial charge in [0.05, 0.1) is 21.8 Å². The van der Waals surface area contributed by atoms with Crippen molar-refractivity contribution >= 4 is 27.5 Å². The maximum atomic E-state index is 12.0. The minimum atomic E-state index is -1.05. The first-order valence-corrected chi connectivity index (χ1v) is 7.02. The predicted octanol–water partition coefficient (Wildman–Crippen LogP) is 2.30. The smallest absolute Gasteiger partial charge is 0.197 e. The summed E-state index contributed by atoms with van der Waals surface area (Å²) in [5, 5.41) is 0.547. The third kappa shape index (κ3) is 2.85. The maximum Gasteiger partial charge on any atom is 0.197 e. The number of fused-ring (bicyclic) bond motifs is 1. The van der Waals surface area contributed by atoms with Gasteiger partial charge in [-0.05, 0) is 30.5 Å². The first kappa shape index (κ1) is 12.1. The summed E-state index contributed by atoms with van der Waals surface area (Å²) in [6.45, 7) is 4.24. The molecule has 1 unspecified atom stereocenters. The Labute approximate surface area is 103 Å². The molecule has 0 bridgehead atoms. The summed E-state index contributed by atoms with van der Waals surface area (Å²) in [7, 11) is -1.05. The zero-order valence-electron chi connectivity index (χ0n) is 10.1. The quantitative estimate of drug-likeness (QED) is 0.819. The van der Waals surface area contributed by atoms with E-state index in [0.717, 1.165) is 17.5 Å². The fourth-order valence-corrected chi connectivity index (χ4v) is 2.85. The minimum Gasteiger partial charge on any atom is -0.399 e. The van der Waals surface area contributed by atoms with Crippen LogP contribution in [0.3, 0.4) is 0 Å². The normalized spacial score (nSPS) is 13.4. The summed E-state index contributed by atoms with van der Waals surface area (Å²) in [5.41, 5.74) is 8.02. The van der Waals surface area contributed by atoms with Crippen LogP contribution in [0.2, 0.25) is 0 Å². The summed E-state index contributed by atoms with van der Waals surface area (Å²) < 4.78 is 12.0. The van der Waals surface area contributed by atoms with Crippen molar-refractivity contribution in [2.24, 2.45) is 5.92 Å². The Hall–Kier alpha value is -1.36. The van der Waals surface area contributed by atoms with Crippen LogP contribution in [-0.4, -0.2) is 19.9 Å². The molecule has 5 heteroatoms. The Morgan fingerprint density at radius 3 is 2.94 bits per heavy atom. The molecule has 0 aliphatic carbocycles. The number of imidazole rings is 1. The Kier molecular flexibility index (Phi) is 3.47. The molecule has 1 atom stereocenters. The average molecular weight is 251 g/mol. The second-order valence-electron chi connectivity index (χ2n) is 4.55. The molecule has 2 rings (SSSR count). The zero-order chi connectivity index (χ0) is 12.4. The van der Waals surface area contributed by atoms with E-state index in [0.29, 0.717) is 22.5 Å². The number of hydrogen-bond acceptors (Lipinski definition) is 3. The molecule has 0 saturated carbocycles. The van der Waals surface area contributed by atoms with E-state index in [2.05, 4.69) is 23.8 Å². The molecule has 0 radical (unpaired) electrons. The number of aromatic nitrogens is 2. The number of nitrogens with one attached hydrogen (secondary N) is 1. The summed E-state index contributed by atoms with van der Waals surface area (Å²) in [5.74, 6) is 1.20. The van der Waals surface area contributed by atoms with Crippen LogP contribution < -0.4 is 5.73 Å². The van der Waals surface area contributed by atoms with Gasteiger partial charge in [-0.2, -0.15) is 0 Å². The molecule has 1 aromatic heterocycles. The highest BCUT2D eigenvalue weighted by Crippen LogP contribution is 2.17. The van der Waals surface area contributed by atoms with Gasteiger partial charge in [0.15, 0.2) is 5.16 Å². The van der Waals surface area contributed by atoms with Crippen LogP contribution >= 0.6 is 0 Å². The average Bonchev–Trinajstić information content (AvgIpc) is 2.68. The molecule has 17 heavy (non-hydrogen) atoms. The van der Waals surface area contributed by atoms with Gasteiger partial charge in [-0.3, -0.25) is 4.21 Å². The Morgan fingerprint density at radius 2 is 2.24 bits per heavy atom. The molecular weight excluding hydrogens is 234 g/mol. The van der Waals surface area contributed by atoms with Crippen molar-refractivity contribution in [2.75, 3.05) is 11.5 Å². The Morgan fingerprint density at radius 1 is 1.47 bits per heavy atom. The third-order valence-electron chi connectivity index (χ3n) is 2.58. The highest BCUT2D eigenvalue weighted by atomic mass is 32.2. The largest absolute Gasteiger partial charge is 0.399 e. The maximum absolute atomic E-state index is 12.0. The standard InChI is InChI=1S/C12H17N3OS/c1-8(2)5-6-17(16)12-14-10-4-3-9(13)7-11(10)15-12/h3-4,7-8H,5-6,13H2,1-2H3,(H,14,15). The molecule has 92 valence electrons. The molecule has 0 saturated heterocycles. The van der Waals surface area contributed by atoms with Crippen LogP contribution in [0.4, 0.5) is 5.69 Å². The van der Waals surface area contributed by atoms with E-state index in [1.54, 1.807) is 6.07 Å². The number of nitrogen functional groups attached to an aromatic ring is 1. The summed E-state index contributed by atoms with van der Waals surface area (Å²) in [4.78, 5) is 7.39. The number of rotatable bonds is 4. The van der Waals surface area contributed by atoms with E-state index < -0.39 is 10.8 Å². The number of nitrogens with zero attached hydrogens (tertiary/aromatic N) is 1. The summed E-state index contributed by atoms with van der Waals surface area (Å²) in [6.07, 6.45) is 0.936. The van der Waals surface area contributed by atoms with Crippen LogP contribution in [0.1, 0.15) is 20.3 Å². The molecule has 0 aliphatic heterocycles. The van der Waals surface area contributed by atoms with Crippen molar-refractivity contribution in [1.82, 2.24) is 9.97 Å². The lowest BCUT2D eigenvalue weighted by molar-refractivity contribution is 0.617. The van der Waals surface area contributed by atoms with E-state index >= 15 is 0 Å². The van der Waals surface area contributed by atoms with Gasteiger partial charge in [-0.25, -0.2) is 4.98 Å². The summed E-state index contributed by atoms with van der Waals surface area (Å²) >= 11 is 0. The van der Waals surface area contributed by atoms with Crippen LogP contribution in [0.15, 0.2) is 23.4 Å². The lowest BCUT2D eigenvalue weighted by Gasteiger charge is -2.01. The van der Waals surface area contributed by atoms with E-state index in [1.165, 1.54) is 0 Å². The minimum absolute atomic E-state index is 0.547. The van der Waals surface area contributed by atoms with Crippen LogP contribution in [0, 0.1) is 5.92 Å². The Balaban J connectivity index is 2.21. The van der Waals surface area contributed by atoms with Gasteiger partial charge >= 0.3 is 0 Å². The molecule has 1 aromatic carbocycles. The van der Waals surface area contributed by atoms with Gasteiger partial charge in [0, 0.05) is 11.4 Å². The van der Waals surface area contributed by atoms with Crippen LogP contribution in [-0.2, 0) is 10.8 Å². The van der Waals surface area contributed by atoms with Crippen LogP contribution in [0.25, 0.3) is 11.0 Å². The molecule has 0 aliphatic rings. The van der Waals surface area contributed by atoms with E-state index in [1.807, 2.05) is 12.1 Å². The van der Waals surface area contributed by atoms with Gasteiger partial charge in [0.2, 0.25) is 0 Å². The number of anilines is 1. The number of nitrogens with two attached hydrogens (primary N) is 1. The molecule has 4 nitrogen and oxygen atoms in total. The third-order valence-corrected chi connectivity index (χ3v) is 3.81. The fourth-order valence-electron chi connectivity index (χ4n) is 1.55. The lowest BCUT2D eigenvalue weighted by Crippen LogP contribution is -2.03. The van der Waals surface area contributed by atoms with Crippen molar-refractivity contribution in [1.29, 1.82) is 0 Å². The Bertz CT molecular complexity index is 548. The van der Waals surface area contributed by atoms with E-state index in [9.17, 15) is 4.21 Å². The van der Waals surface area contributed by atoms with Crippen LogP contribution in [0.5, 0.6) is 0 Å². The topological polar surface area (TPSA) is 71.8 Å². The number of benzene rings is 1. The van der Waals surface area contributed by atoms with Crippen molar-refractivity contribution in [3.05, 3.63) is 18.2 Å². The van der Waals surface area contributed by atoms with Crippen molar-refractivity contribution in [3.63, 3.8) is 0 Å². The van der Waals surface area contributed by atoms with Gasteiger partial charge in [0.25, 0.3) is 0 Å². The summed E-state index contributed by atoms with van der Waals surface area (Å²) in [6, 6.07) is 5.44. The molecule has 0 amide bonds. The molecule has 0 fully saturated rings. The SMILES string of the molecule is CC(C)CCS(=O)c1nc2ccc(N)cc2[nH]1. The lowest BCUT2D eigenvalue weighted by atomic mass is 10.2. The van der Waals surface area contributed by atoms with Crippen molar-refractivity contribution < 1.29 is 4.21 Å². The second-order valence-corrected chi connectivity index (χ2v) is 6.04. The molecule has 1 heterocycles. The monoisotopic (exact) mass is 251 g/mol. The highest BCUT2D eigenvalue weighted by Gasteiger charge is 2.10. The first-order chi connectivity index (χ1) is 8.06. The van der Waals surface area contributed by atoms with Crippen molar-refractivity contribution in [3.8, 4) is 0 Å². The number of H-pyrrole nitrogens is 1. The van der Waals surface area contributed by atoms with E-state index in [-0.39, 0.29) is 0 Å². The van der Waals surface area contributed by atoms with Gasteiger partial charge in [-0.15, -0.1) is 0 Å².